The fraction of sp³-hybridized carbons (Fsp3) is 0. The Morgan fingerprint density at radius 1 is 0.312 bits per heavy atom. The van der Waals surface area contributed by atoms with Gasteiger partial charge in [0, 0.05) is 38.2 Å². The first-order valence-corrected chi connectivity index (χ1v) is 15.9. The summed E-state index contributed by atoms with van der Waals surface area (Å²) in [6.45, 7) is 0. The lowest BCUT2D eigenvalue weighted by molar-refractivity contribution is 0.665. The molecule has 0 atom stereocenters. The lowest BCUT2D eigenvalue weighted by Gasteiger charge is -2.09. The van der Waals surface area contributed by atoms with E-state index in [0.717, 1.165) is 82.5 Å². The van der Waals surface area contributed by atoms with E-state index in [1.54, 1.807) is 0 Å². The molecule has 224 valence electrons. The average Bonchev–Trinajstić information content (AvgIpc) is 3.74. The lowest BCUT2D eigenvalue weighted by Crippen LogP contribution is -2.00. The Balaban J connectivity index is 1.20. The minimum Gasteiger partial charge on any atom is -0.455 e. The van der Waals surface area contributed by atoms with E-state index in [2.05, 4.69) is 91.0 Å². The molecule has 0 saturated carbocycles. The average molecular weight is 616 g/mol. The Morgan fingerprint density at radius 2 is 0.792 bits per heavy atom. The molecule has 10 aromatic rings. The minimum absolute atomic E-state index is 0.587. The van der Waals surface area contributed by atoms with Crippen LogP contribution < -0.4 is 0 Å². The third-order valence-corrected chi connectivity index (χ3v) is 9.13. The van der Waals surface area contributed by atoms with Crippen molar-refractivity contribution in [3.8, 4) is 45.3 Å². The van der Waals surface area contributed by atoms with E-state index < -0.39 is 0 Å². The minimum atomic E-state index is 0.587. The highest BCUT2D eigenvalue weighted by atomic mass is 16.3. The van der Waals surface area contributed by atoms with Gasteiger partial charge in [-0.2, -0.15) is 0 Å². The molecule has 0 saturated heterocycles. The highest BCUT2D eigenvalue weighted by Gasteiger charge is 2.22. The molecule has 5 heteroatoms. The van der Waals surface area contributed by atoms with E-state index in [9.17, 15) is 0 Å². The van der Waals surface area contributed by atoms with Crippen molar-refractivity contribution in [3.63, 3.8) is 0 Å². The van der Waals surface area contributed by atoms with Gasteiger partial charge in [-0.15, -0.1) is 0 Å². The molecular weight excluding hydrogens is 590 g/mol. The number of furan rings is 2. The summed E-state index contributed by atoms with van der Waals surface area (Å²) < 4.78 is 13.2. The number of nitrogens with zero attached hydrogens (tertiary/aromatic N) is 3. The Hall–Kier alpha value is -6.59. The van der Waals surface area contributed by atoms with E-state index in [-0.39, 0.29) is 0 Å². The van der Waals surface area contributed by atoms with Gasteiger partial charge in [-0.25, -0.2) is 15.0 Å². The molecule has 0 unspecified atom stereocenters. The number of hydrogen-bond donors (Lipinski definition) is 0. The molecule has 0 amide bonds. The van der Waals surface area contributed by atoms with Crippen molar-refractivity contribution in [2.45, 2.75) is 0 Å². The molecule has 0 N–H and O–H groups in total. The second-order valence-electron chi connectivity index (χ2n) is 12.0. The molecule has 0 fully saturated rings. The van der Waals surface area contributed by atoms with Gasteiger partial charge in [-0.3, -0.25) is 0 Å². The molecule has 3 heterocycles. The van der Waals surface area contributed by atoms with Crippen LogP contribution in [0.5, 0.6) is 0 Å². The highest BCUT2D eigenvalue weighted by Crippen LogP contribution is 2.45. The maximum Gasteiger partial charge on any atom is 0.164 e. The van der Waals surface area contributed by atoms with Crippen molar-refractivity contribution in [3.05, 3.63) is 152 Å². The van der Waals surface area contributed by atoms with Gasteiger partial charge in [-0.05, 0) is 40.8 Å². The van der Waals surface area contributed by atoms with Crippen molar-refractivity contribution in [2.75, 3.05) is 0 Å². The van der Waals surface area contributed by atoms with Gasteiger partial charge in [0.1, 0.15) is 22.3 Å². The second-order valence-corrected chi connectivity index (χ2v) is 12.0. The van der Waals surface area contributed by atoms with Gasteiger partial charge in [0.15, 0.2) is 17.5 Å². The third kappa shape index (κ3) is 4.15. The van der Waals surface area contributed by atoms with Crippen LogP contribution in [0, 0.1) is 0 Å². The zero-order valence-corrected chi connectivity index (χ0v) is 25.6. The van der Waals surface area contributed by atoms with Gasteiger partial charge in [0.25, 0.3) is 0 Å². The second kappa shape index (κ2) is 10.5. The highest BCUT2D eigenvalue weighted by molar-refractivity contribution is 6.33. The summed E-state index contributed by atoms with van der Waals surface area (Å²) in [4.78, 5) is 15.0. The molecule has 0 radical (unpaired) electrons. The van der Waals surface area contributed by atoms with E-state index >= 15 is 0 Å². The predicted molar refractivity (Wildman–Crippen MR) is 194 cm³/mol. The molecule has 7 aromatic carbocycles. The number of fused-ring (bicyclic) bond motifs is 10. The first-order valence-electron chi connectivity index (χ1n) is 15.9. The summed E-state index contributed by atoms with van der Waals surface area (Å²) in [5, 5.41) is 6.24. The molecular formula is C43H25N3O2. The molecule has 5 nitrogen and oxygen atoms in total. The van der Waals surface area contributed by atoms with Crippen LogP contribution in [0.4, 0.5) is 0 Å². The maximum absolute atomic E-state index is 6.58. The van der Waals surface area contributed by atoms with Crippen LogP contribution in [0.2, 0.25) is 0 Å². The van der Waals surface area contributed by atoms with Crippen molar-refractivity contribution >= 4 is 54.6 Å². The molecule has 0 aliphatic heterocycles. The fourth-order valence-electron chi connectivity index (χ4n) is 6.83. The molecule has 10 rings (SSSR count). The van der Waals surface area contributed by atoms with Gasteiger partial charge in [0.2, 0.25) is 0 Å². The van der Waals surface area contributed by atoms with Gasteiger partial charge in [-0.1, -0.05) is 127 Å². The van der Waals surface area contributed by atoms with Crippen molar-refractivity contribution in [1.29, 1.82) is 0 Å². The van der Waals surface area contributed by atoms with E-state index in [1.807, 2.05) is 60.7 Å². The molecule has 0 aliphatic rings. The summed E-state index contributed by atoms with van der Waals surface area (Å²) in [5.41, 5.74) is 8.27. The molecule has 0 bridgehead atoms. The first kappa shape index (κ1) is 26.6. The SMILES string of the molecule is c1ccc(-c2ccc(-c3nc(-c4ccccc4)nc(-c4ccc5oc6c7ccccc7c7c8ccccc8oc7c6c5c4)n3)cc2)cc1. The number of para-hydroxylation sites is 1. The van der Waals surface area contributed by atoms with Gasteiger partial charge >= 0.3 is 0 Å². The lowest BCUT2D eigenvalue weighted by atomic mass is 9.99. The Bertz CT molecular complexity index is 2820. The Kier molecular flexibility index (Phi) is 5.81. The normalized spacial score (nSPS) is 11.8. The van der Waals surface area contributed by atoms with Crippen LogP contribution in [0.1, 0.15) is 0 Å². The van der Waals surface area contributed by atoms with Crippen LogP contribution in [0.15, 0.2) is 160 Å². The standard InChI is InChI=1S/C43H25N3O2/c1-3-11-26(12-4-1)27-19-21-29(22-20-27)42-44-41(28-13-5-2-6-14-28)45-43(46-42)30-23-24-36-34(25-30)38-39(47-36)32-16-8-7-15-31(32)37-33-17-9-10-18-35(33)48-40(37)38/h1-25H. The number of aromatic nitrogens is 3. The third-order valence-electron chi connectivity index (χ3n) is 9.13. The summed E-state index contributed by atoms with van der Waals surface area (Å²) in [7, 11) is 0. The van der Waals surface area contributed by atoms with Gasteiger partial charge < -0.3 is 8.83 Å². The summed E-state index contributed by atoms with van der Waals surface area (Å²) in [6, 6.07) is 51.5. The monoisotopic (exact) mass is 615 g/mol. The van der Waals surface area contributed by atoms with Crippen molar-refractivity contribution < 1.29 is 8.83 Å². The van der Waals surface area contributed by atoms with Crippen molar-refractivity contribution in [1.82, 2.24) is 15.0 Å². The van der Waals surface area contributed by atoms with Gasteiger partial charge in [0.05, 0.1) is 5.39 Å². The van der Waals surface area contributed by atoms with Crippen LogP contribution >= 0.6 is 0 Å². The van der Waals surface area contributed by atoms with Crippen LogP contribution in [-0.4, -0.2) is 15.0 Å². The summed E-state index contributed by atoms with van der Waals surface area (Å²) in [6.07, 6.45) is 0. The topological polar surface area (TPSA) is 65.0 Å². The fourth-order valence-corrected chi connectivity index (χ4v) is 6.83. The van der Waals surface area contributed by atoms with Crippen LogP contribution in [0.3, 0.4) is 0 Å². The zero-order chi connectivity index (χ0) is 31.6. The van der Waals surface area contributed by atoms with Crippen molar-refractivity contribution in [2.24, 2.45) is 0 Å². The zero-order valence-electron chi connectivity index (χ0n) is 25.6. The molecule has 0 spiro atoms. The van der Waals surface area contributed by atoms with Crippen LogP contribution in [0.25, 0.3) is 99.9 Å². The first-order chi connectivity index (χ1) is 23.8. The number of benzene rings is 7. The van der Waals surface area contributed by atoms with Crippen LogP contribution in [-0.2, 0) is 0 Å². The quantitative estimate of drug-likeness (QED) is 0.197. The van der Waals surface area contributed by atoms with E-state index in [0.29, 0.717) is 17.5 Å². The smallest absolute Gasteiger partial charge is 0.164 e. The molecule has 3 aromatic heterocycles. The van der Waals surface area contributed by atoms with E-state index in [1.165, 1.54) is 0 Å². The Labute approximate surface area is 274 Å². The predicted octanol–water partition coefficient (Wildman–Crippen LogP) is 11.5. The largest absolute Gasteiger partial charge is 0.455 e. The number of hydrogen-bond acceptors (Lipinski definition) is 5. The summed E-state index contributed by atoms with van der Waals surface area (Å²) in [5.74, 6) is 1.82. The molecule has 0 aliphatic carbocycles. The summed E-state index contributed by atoms with van der Waals surface area (Å²) >= 11 is 0. The molecule has 48 heavy (non-hydrogen) atoms. The maximum atomic E-state index is 6.58. The Morgan fingerprint density at radius 3 is 1.52 bits per heavy atom. The number of rotatable bonds is 4. The van der Waals surface area contributed by atoms with E-state index in [4.69, 9.17) is 23.8 Å².